The van der Waals surface area contributed by atoms with Crippen LogP contribution >= 0.6 is 11.3 Å². The molecular formula is C11H16N4S. The third-order valence-corrected chi connectivity index (χ3v) is 3.16. The standard InChI is InChI=1S/C11H16N4S/c1-3-12-11(9-4-5-16-8-9)6-10-7-15(2)14-13-10/h4-5,7-8,11-12H,3,6H2,1-2H3. The van der Waals surface area contributed by atoms with Gasteiger partial charge in [0.1, 0.15) is 0 Å². The second kappa shape index (κ2) is 5.23. The normalized spacial score (nSPS) is 12.9. The molecule has 1 unspecified atom stereocenters. The van der Waals surface area contributed by atoms with Gasteiger partial charge in [0, 0.05) is 25.7 Å². The fraction of sp³-hybridized carbons (Fsp3) is 0.455. The summed E-state index contributed by atoms with van der Waals surface area (Å²) in [7, 11) is 1.89. The largest absolute Gasteiger partial charge is 0.310 e. The van der Waals surface area contributed by atoms with Gasteiger partial charge in [0.05, 0.1) is 5.69 Å². The Kier molecular flexibility index (Phi) is 3.69. The van der Waals surface area contributed by atoms with E-state index in [-0.39, 0.29) is 0 Å². The van der Waals surface area contributed by atoms with E-state index < -0.39 is 0 Å². The fourth-order valence-electron chi connectivity index (χ4n) is 1.73. The Hall–Kier alpha value is -1.20. The highest BCUT2D eigenvalue weighted by molar-refractivity contribution is 7.07. The number of nitrogens with one attached hydrogen (secondary N) is 1. The molecule has 0 saturated carbocycles. The molecule has 0 bridgehead atoms. The van der Waals surface area contributed by atoms with Crippen molar-refractivity contribution in [2.24, 2.45) is 7.05 Å². The molecule has 0 fully saturated rings. The molecule has 2 rings (SSSR count). The molecule has 0 spiro atoms. The Morgan fingerprint density at radius 2 is 2.44 bits per heavy atom. The lowest BCUT2D eigenvalue weighted by Crippen LogP contribution is -2.22. The number of aromatic nitrogens is 3. The molecule has 5 heteroatoms. The van der Waals surface area contributed by atoms with Gasteiger partial charge in [-0.3, -0.25) is 4.68 Å². The van der Waals surface area contributed by atoms with E-state index in [0.717, 1.165) is 18.7 Å². The summed E-state index contributed by atoms with van der Waals surface area (Å²) in [6, 6.07) is 2.50. The number of thiophene rings is 1. The SMILES string of the molecule is CCNC(Cc1cn(C)nn1)c1ccsc1. The van der Waals surface area contributed by atoms with E-state index in [1.54, 1.807) is 16.0 Å². The van der Waals surface area contributed by atoms with Crippen LogP contribution < -0.4 is 5.32 Å². The zero-order valence-corrected chi connectivity index (χ0v) is 10.4. The molecule has 2 heterocycles. The maximum absolute atomic E-state index is 4.12. The van der Waals surface area contributed by atoms with Crippen molar-refractivity contribution in [2.45, 2.75) is 19.4 Å². The lowest BCUT2D eigenvalue weighted by Gasteiger charge is -2.14. The first-order valence-electron chi connectivity index (χ1n) is 5.40. The first kappa shape index (κ1) is 11.3. The van der Waals surface area contributed by atoms with Gasteiger partial charge in [-0.05, 0) is 28.9 Å². The second-order valence-corrected chi connectivity index (χ2v) is 4.53. The van der Waals surface area contributed by atoms with Crippen molar-refractivity contribution in [1.82, 2.24) is 20.3 Å². The summed E-state index contributed by atoms with van der Waals surface area (Å²) < 4.78 is 1.74. The van der Waals surface area contributed by atoms with Crippen LogP contribution in [0.25, 0.3) is 0 Å². The number of hydrogen-bond acceptors (Lipinski definition) is 4. The van der Waals surface area contributed by atoms with Gasteiger partial charge in [0.2, 0.25) is 0 Å². The molecule has 2 aromatic heterocycles. The minimum Gasteiger partial charge on any atom is -0.310 e. The van der Waals surface area contributed by atoms with Gasteiger partial charge < -0.3 is 5.32 Å². The average Bonchev–Trinajstić information content (AvgIpc) is 2.88. The summed E-state index contributed by atoms with van der Waals surface area (Å²) >= 11 is 1.73. The molecule has 2 aromatic rings. The van der Waals surface area contributed by atoms with E-state index >= 15 is 0 Å². The van der Waals surface area contributed by atoms with Gasteiger partial charge in [0.15, 0.2) is 0 Å². The van der Waals surface area contributed by atoms with Crippen LogP contribution in [0.5, 0.6) is 0 Å². The Balaban J connectivity index is 2.09. The highest BCUT2D eigenvalue weighted by atomic mass is 32.1. The van der Waals surface area contributed by atoms with E-state index in [0.29, 0.717) is 6.04 Å². The summed E-state index contributed by atoms with van der Waals surface area (Å²) in [5.41, 5.74) is 2.36. The number of nitrogens with zero attached hydrogens (tertiary/aromatic N) is 3. The van der Waals surface area contributed by atoms with Crippen LogP contribution in [0.1, 0.15) is 24.2 Å². The van der Waals surface area contributed by atoms with E-state index in [4.69, 9.17) is 0 Å². The molecule has 86 valence electrons. The number of hydrogen-bond donors (Lipinski definition) is 1. The minimum atomic E-state index is 0.341. The molecule has 0 aliphatic heterocycles. The third-order valence-electron chi connectivity index (χ3n) is 2.46. The van der Waals surface area contributed by atoms with Crippen LogP contribution in [0.2, 0.25) is 0 Å². The maximum Gasteiger partial charge on any atom is 0.0845 e. The van der Waals surface area contributed by atoms with Crippen LogP contribution in [-0.2, 0) is 13.5 Å². The van der Waals surface area contributed by atoms with Crippen molar-refractivity contribution in [3.63, 3.8) is 0 Å². The zero-order chi connectivity index (χ0) is 11.4. The predicted molar refractivity (Wildman–Crippen MR) is 65.4 cm³/mol. The summed E-state index contributed by atoms with van der Waals surface area (Å²) in [6.45, 7) is 3.08. The van der Waals surface area contributed by atoms with Crippen molar-refractivity contribution < 1.29 is 0 Å². The smallest absolute Gasteiger partial charge is 0.0845 e. The van der Waals surface area contributed by atoms with Gasteiger partial charge in [0.25, 0.3) is 0 Å². The number of likely N-dealkylation sites (N-methyl/N-ethyl adjacent to an activating group) is 1. The molecule has 0 saturated heterocycles. The van der Waals surface area contributed by atoms with E-state index in [1.165, 1.54) is 5.56 Å². The predicted octanol–water partition coefficient (Wildman–Crippen LogP) is 1.77. The van der Waals surface area contributed by atoms with E-state index in [9.17, 15) is 0 Å². The van der Waals surface area contributed by atoms with Crippen LogP contribution in [0.15, 0.2) is 23.0 Å². The van der Waals surface area contributed by atoms with Gasteiger partial charge in [-0.1, -0.05) is 12.1 Å². The molecule has 0 aliphatic rings. The Morgan fingerprint density at radius 3 is 3.00 bits per heavy atom. The monoisotopic (exact) mass is 236 g/mol. The maximum atomic E-state index is 4.12. The Labute approximate surface area is 99.3 Å². The third kappa shape index (κ3) is 2.68. The highest BCUT2D eigenvalue weighted by Crippen LogP contribution is 2.19. The average molecular weight is 236 g/mol. The van der Waals surface area contributed by atoms with Gasteiger partial charge >= 0.3 is 0 Å². The zero-order valence-electron chi connectivity index (χ0n) is 9.55. The second-order valence-electron chi connectivity index (χ2n) is 3.75. The minimum absolute atomic E-state index is 0.341. The first-order chi connectivity index (χ1) is 7.79. The van der Waals surface area contributed by atoms with Crippen molar-refractivity contribution in [2.75, 3.05) is 6.54 Å². The van der Waals surface area contributed by atoms with Crippen molar-refractivity contribution in [3.05, 3.63) is 34.3 Å². The molecular weight excluding hydrogens is 220 g/mol. The number of aryl methyl sites for hydroxylation is 1. The molecule has 0 aromatic carbocycles. The summed E-state index contributed by atoms with van der Waals surface area (Å²) in [6.07, 6.45) is 2.86. The van der Waals surface area contributed by atoms with Crippen LogP contribution in [0.3, 0.4) is 0 Å². The molecule has 1 atom stereocenters. The summed E-state index contributed by atoms with van der Waals surface area (Å²) in [5, 5.41) is 15.8. The Bertz CT molecular complexity index is 421. The van der Waals surface area contributed by atoms with Crippen molar-refractivity contribution in [1.29, 1.82) is 0 Å². The van der Waals surface area contributed by atoms with Crippen molar-refractivity contribution >= 4 is 11.3 Å². The molecule has 0 radical (unpaired) electrons. The molecule has 4 nitrogen and oxygen atoms in total. The summed E-state index contributed by atoms with van der Waals surface area (Å²) in [4.78, 5) is 0. The molecule has 1 N–H and O–H groups in total. The van der Waals surface area contributed by atoms with E-state index in [1.807, 2.05) is 13.2 Å². The lowest BCUT2D eigenvalue weighted by molar-refractivity contribution is 0.545. The number of rotatable bonds is 5. The van der Waals surface area contributed by atoms with Crippen LogP contribution in [-0.4, -0.2) is 21.5 Å². The molecule has 0 aliphatic carbocycles. The van der Waals surface area contributed by atoms with Crippen molar-refractivity contribution in [3.8, 4) is 0 Å². The van der Waals surface area contributed by atoms with Gasteiger partial charge in [-0.15, -0.1) is 5.10 Å². The Morgan fingerprint density at radius 1 is 1.56 bits per heavy atom. The van der Waals surface area contributed by atoms with Gasteiger partial charge in [-0.2, -0.15) is 11.3 Å². The lowest BCUT2D eigenvalue weighted by atomic mass is 10.1. The quantitative estimate of drug-likeness (QED) is 0.860. The van der Waals surface area contributed by atoms with E-state index in [2.05, 4.69) is 39.4 Å². The van der Waals surface area contributed by atoms with Crippen LogP contribution in [0.4, 0.5) is 0 Å². The highest BCUT2D eigenvalue weighted by Gasteiger charge is 2.13. The topological polar surface area (TPSA) is 42.7 Å². The molecule has 0 amide bonds. The van der Waals surface area contributed by atoms with Gasteiger partial charge in [-0.25, -0.2) is 0 Å². The van der Waals surface area contributed by atoms with Crippen LogP contribution in [0, 0.1) is 0 Å². The first-order valence-corrected chi connectivity index (χ1v) is 6.34. The fourth-order valence-corrected chi connectivity index (χ4v) is 2.44. The summed E-state index contributed by atoms with van der Waals surface area (Å²) in [5.74, 6) is 0. The molecule has 16 heavy (non-hydrogen) atoms.